The van der Waals surface area contributed by atoms with Gasteiger partial charge >= 0.3 is 0 Å². The Kier molecular flexibility index (Phi) is 7.85. The molecule has 3 heterocycles. The molecule has 1 aliphatic heterocycles. The van der Waals surface area contributed by atoms with Gasteiger partial charge in [-0.05, 0) is 69.3 Å². The van der Waals surface area contributed by atoms with Gasteiger partial charge in [-0.25, -0.2) is 17.7 Å². The summed E-state index contributed by atoms with van der Waals surface area (Å²) in [6.45, 7) is 10.4. The normalized spacial score (nSPS) is 14.9. The molecular formula is C28H34N6O4S. The van der Waals surface area contributed by atoms with Crippen LogP contribution in [0.5, 0.6) is 5.75 Å². The Balaban J connectivity index is 1.29. The van der Waals surface area contributed by atoms with Crippen LogP contribution in [0.25, 0.3) is 16.9 Å². The second kappa shape index (κ2) is 11.3. The number of rotatable bonds is 9. The molecule has 39 heavy (non-hydrogen) atoms. The minimum atomic E-state index is -3.68. The Labute approximate surface area is 229 Å². The third-order valence-corrected chi connectivity index (χ3v) is 7.89. The summed E-state index contributed by atoms with van der Waals surface area (Å²) < 4.78 is 41.4. The maximum atomic E-state index is 12.9. The van der Waals surface area contributed by atoms with Gasteiger partial charge < -0.3 is 14.8 Å². The second-order valence-electron chi connectivity index (χ2n) is 10.5. The van der Waals surface area contributed by atoms with Crippen LogP contribution in [0.3, 0.4) is 0 Å². The number of nitrogens with zero attached hydrogens (tertiary/aromatic N) is 4. The molecule has 11 heteroatoms. The number of hydrogen-bond donors (Lipinski definition) is 2. The van der Waals surface area contributed by atoms with E-state index in [1.54, 1.807) is 22.7 Å². The fourth-order valence-electron chi connectivity index (χ4n) is 4.34. The Morgan fingerprint density at radius 1 is 1.00 bits per heavy atom. The lowest BCUT2D eigenvalue weighted by molar-refractivity contribution is 0.0322. The van der Waals surface area contributed by atoms with Crippen LogP contribution in [-0.2, 0) is 14.8 Å². The zero-order chi connectivity index (χ0) is 27.5. The average Bonchev–Trinajstić information content (AvgIpc) is 3.32. The third-order valence-electron chi connectivity index (χ3n) is 6.13. The third kappa shape index (κ3) is 6.93. The SMILES string of the molecule is CC(C)(C)NS(=O)(=O)c1cccc(-c2cccc3nc(Nc4ccc(OCCN5CCOCC5)cc4)nn23)c1. The van der Waals surface area contributed by atoms with E-state index < -0.39 is 15.6 Å². The van der Waals surface area contributed by atoms with Gasteiger partial charge in [-0.3, -0.25) is 4.90 Å². The van der Waals surface area contributed by atoms with Crippen molar-refractivity contribution in [3.05, 3.63) is 66.7 Å². The van der Waals surface area contributed by atoms with E-state index in [9.17, 15) is 8.42 Å². The van der Waals surface area contributed by atoms with Crippen LogP contribution in [0, 0.1) is 0 Å². The Morgan fingerprint density at radius 2 is 1.74 bits per heavy atom. The van der Waals surface area contributed by atoms with Crippen LogP contribution in [0.4, 0.5) is 11.6 Å². The molecule has 2 aromatic heterocycles. The second-order valence-corrected chi connectivity index (χ2v) is 12.1. The number of aromatic nitrogens is 3. The number of sulfonamides is 1. The Bertz CT molecular complexity index is 1520. The highest BCUT2D eigenvalue weighted by molar-refractivity contribution is 7.89. The maximum absolute atomic E-state index is 12.9. The van der Waals surface area contributed by atoms with Crippen LogP contribution in [0.2, 0.25) is 0 Å². The standard InChI is InChI=1S/C28H34N6O4S/c1-28(2,3)32-39(35,36)24-7-4-6-21(20-24)25-8-5-9-26-30-27(31-34(25)26)29-22-10-12-23(13-11-22)38-19-16-33-14-17-37-18-15-33/h4-13,20,32H,14-19H2,1-3H3,(H,29,31). The molecular weight excluding hydrogens is 516 g/mol. The van der Waals surface area contributed by atoms with Crippen LogP contribution in [-0.4, -0.2) is 72.9 Å². The van der Waals surface area contributed by atoms with Gasteiger partial charge in [0, 0.05) is 36.4 Å². The number of anilines is 2. The van der Waals surface area contributed by atoms with Gasteiger partial charge in [0.15, 0.2) is 5.65 Å². The van der Waals surface area contributed by atoms with E-state index in [4.69, 9.17) is 9.47 Å². The summed E-state index contributed by atoms with van der Waals surface area (Å²) >= 11 is 0. The first kappa shape index (κ1) is 27.1. The summed E-state index contributed by atoms with van der Waals surface area (Å²) in [5.41, 5.74) is 2.32. The van der Waals surface area contributed by atoms with Gasteiger partial charge in [-0.1, -0.05) is 18.2 Å². The zero-order valence-corrected chi connectivity index (χ0v) is 23.2. The summed E-state index contributed by atoms with van der Waals surface area (Å²) in [5.74, 6) is 1.23. The van der Waals surface area contributed by atoms with E-state index >= 15 is 0 Å². The molecule has 4 aromatic rings. The maximum Gasteiger partial charge on any atom is 0.247 e. The first-order valence-corrected chi connectivity index (χ1v) is 14.4. The zero-order valence-electron chi connectivity index (χ0n) is 22.4. The Morgan fingerprint density at radius 3 is 2.49 bits per heavy atom. The number of pyridine rings is 1. The number of ether oxygens (including phenoxy) is 2. The van der Waals surface area contributed by atoms with E-state index in [0.717, 1.165) is 50.0 Å². The number of hydrogen-bond acceptors (Lipinski definition) is 8. The first-order valence-electron chi connectivity index (χ1n) is 13.0. The molecule has 0 amide bonds. The lowest BCUT2D eigenvalue weighted by Gasteiger charge is -2.26. The summed E-state index contributed by atoms with van der Waals surface area (Å²) in [7, 11) is -3.68. The molecule has 10 nitrogen and oxygen atoms in total. The van der Waals surface area contributed by atoms with Gasteiger partial charge in [0.1, 0.15) is 12.4 Å². The molecule has 0 spiro atoms. The topological polar surface area (TPSA) is 110 Å². The van der Waals surface area contributed by atoms with Gasteiger partial charge in [-0.2, -0.15) is 4.98 Å². The number of benzene rings is 2. The first-order chi connectivity index (χ1) is 18.7. The molecule has 0 unspecified atom stereocenters. The lowest BCUT2D eigenvalue weighted by Crippen LogP contribution is -2.40. The van der Waals surface area contributed by atoms with Crippen molar-refractivity contribution in [2.24, 2.45) is 0 Å². The van der Waals surface area contributed by atoms with Crippen molar-refractivity contribution >= 4 is 27.3 Å². The van der Waals surface area contributed by atoms with Gasteiger partial charge in [0.2, 0.25) is 16.0 Å². The van der Waals surface area contributed by atoms with Crippen molar-refractivity contribution in [1.29, 1.82) is 0 Å². The predicted molar refractivity (Wildman–Crippen MR) is 151 cm³/mol. The molecule has 0 saturated carbocycles. The highest BCUT2D eigenvalue weighted by Gasteiger charge is 2.22. The molecule has 0 atom stereocenters. The number of fused-ring (bicyclic) bond motifs is 1. The number of nitrogens with one attached hydrogen (secondary N) is 2. The van der Waals surface area contributed by atoms with Crippen LogP contribution >= 0.6 is 0 Å². The molecule has 0 aliphatic carbocycles. The lowest BCUT2D eigenvalue weighted by atomic mass is 10.1. The minimum absolute atomic E-state index is 0.192. The Hall–Kier alpha value is -3.51. The van der Waals surface area contributed by atoms with E-state index in [0.29, 0.717) is 23.8 Å². The number of morpholine rings is 1. The molecule has 1 fully saturated rings. The molecule has 2 N–H and O–H groups in total. The largest absolute Gasteiger partial charge is 0.492 e. The van der Waals surface area contributed by atoms with E-state index in [2.05, 4.69) is 25.0 Å². The van der Waals surface area contributed by atoms with Gasteiger partial charge in [-0.15, -0.1) is 5.10 Å². The highest BCUT2D eigenvalue weighted by Crippen LogP contribution is 2.25. The molecule has 1 aliphatic rings. The summed E-state index contributed by atoms with van der Waals surface area (Å²) in [4.78, 5) is 7.13. The van der Waals surface area contributed by atoms with Crippen molar-refractivity contribution in [1.82, 2.24) is 24.2 Å². The molecule has 0 radical (unpaired) electrons. The van der Waals surface area contributed by atoms with E-state index in [1.807, 2.05) is 69.3 Å². The summed E-state index contributed by atoms with van der Waals surface area (Å²) in [6.07, 6.45) is 0. The van der Waals surface area contributed by atoms with Crippen LogP contribution in [0.15, 0.2) is 71.6 Å². The molecule has 206 valence electrons. The van der Waals surface area contributed by atoms with Crippen LogP contribution in [0.1, 0.15) is 20.8 Å². The fraction of sp³-hybridized carbons (Fsp3) is 0.357. The van der Waals surface area contributed by atoms with Crippen molar-refractivity contribution in [3.63, 3.8) is 0 Å². The van der Waals surface area contributed by atoms with E-state index in [-0.39, 0.29) is 4.90 Å². The fourth-order valence-corrected chi connectivity index (χ4v) is 5.81. The minimum Gasteiger partial charge on any atom is -0.492 e. The molecule has 1 saturated heterocycles. The van der Waals surface area contributed by atoms with Crippen molar-refractivity contribution < 1.29 is 17.9 Å². The highest BCUT2D eigenvalue weighted by atomic mass is 32.2. The van der Waals surface area contributed by atoms with Crippen molar-refractivity contribution in [2.45, 2.75) is 31.2 Å². The van der Waals surface area contributed by atoms with Crippen LogP contribution < -0.4 is 14.8 Å². The van der Waals surface area contributed by atoms with Gasteiger partial charge in [0.05, 0.1) is 23.8 Å². The average molecular weight is 551 g/mol. The molecule has 0 bridgehead atoms. The monoisotopic (exact) mass is 550 g/mol. The molecule has 5 rings (SSSR count). The van der Waals surface area contributed by atoms with Crippen molar-refractivity contribution in [2.75, 3.05) is 44.8 Å². The smallest absolute Gasteiger partial charge is 0.247 e. The quantitative estimate of drug-likeness (QED) is 0.323. The summed E-state index contributed by atoms with van der Waals surface area (Å²) in [5, 5.41) is 7.88. The van der Waals surface area contributed by atoms with Gasteiger partial charge in [0.25, 0.3) is 0 Å². The van der Waals surface area contributed by atoms with Crippen molar-refractivity contribution in [3.8, 4) is 17.0 Å². The predicted octanol–water partition coefficient (Wildman–Crippen LogP) is 3.93. The summed E-state index contributed by atoms with van der Waals surface area (Å²) in [6, 6.07) is 20.1. The van der Waals surface area contributed by atoms with E-state index in [1.165, 1.54) is 0 Å². The molecule has 2 aromatic carbocycles.